The van der Waals surface area contributed by atoms with Crippen molar-refractivity contribution in [3.63, 3.8) is 0 Å². The second-order valence-electron chi connectivity index (χ2n) is 7.51. The molecule has 8 heteroatoms. The number of rotatable bonds is 5. The van der Waals surface area contributed by atoms with Gasteiger partial charge in [0.2, 0.25) is 5.95 Å². The van der Waals surface area contributed by atoms with Crippen molar-refractivity contribution < 1.29 is 9.13 Å². The molecule has 0 radical (unpaired) electrons. The van der Waals surface area contributed by atoms with Crippen LogP contribution in [0.15, 0.2) is 30.7 Å². The van der Waals surface area contributed by atoms with Crippen LogP contribution in [0.1, 0.15) is 19.3 Å². The molecule has 2 aromatic heterocycles. The van der Waals surface area contributed by atoms with Crippen molar-refractivity contribution in [2.24, 2.45) is 5.41 Å². The Balaban J connectivity index is 1.34. The Morgan fingerprint density at radius 2 is 2.12 bits per heavy atom. The van der Waals surface area contributed by atoms with E-state index in [0.717, 1.165) is 31.6 Å². The van der Waals surface area contributed by atoms with E-state index >= 15 is 0 Å². The predicted octanol–water partition coefficient (Wildman–Crippen LogP) is 3.89. The first-order valence-corrected chi connectivity index (χ1v) is 8.82. The lowest BCUT2D eigenvalue weighted by atomic mass is 9.39. The molecule has 0 atom stereocenters. The van der Waals surface area contributed by atoms with Crippen LogP contribution in [0.25, 0.3) is 10.9 Å². The summed E-state index contributed by atoms with van der Waals surface area (Å²) in [6.45, 7) is 0.826. The summed E-state index contributed by atoms with van der Waals surface area (Å²) >= 11 is 5.79. The van der Waals surface area contributed by atoms with E-state index in [1.54, 1.807) is 19.5 Å². The molecule has 1 N–H and O–H groups in total. The number of nitrogens with zero attached hydrogens (tertiary/aromatic N) is 4. The zero-order valence-electron chi connectivity index (χ0n) is 14.2. The minimum Gasteiger partial charge on any atom is -0.384 e. The largest absolute Gasteiger partial charge is 0.384 e. The third-order valence-electron chi connectivity index (χ3n) is 5.51. The summed E-state index contributed by atoms with van der Waals surface area (Å²) in [5.74, 6) is -0.0996. The van der Waals surface area contributed by atoms with Gasteiger partial charge in [-0.2, -0.15) is 5.10 Å². The number of methoxy groups -OCH3 is 1. The van der Waals surface area contributed by atoms with Crippen molar-refractivity contribution in [3.8, 4) is 0 Å². The maximum atomic E-state index is 13.6. The van der Waals surface area contributed by atoms with Crippen LogP contribution in [0.5, 0.6) is 0 Å². The minimum absolute atomic E-state index is 0.0629. The van der Waals surface area contributed by atoms with Crippen molar-refractivity contribution in [2.75, 3.05) is 19.0 Å². The highest BCUT2D eigenvalue weighted by molar-refractivity contribution is 6.31. The average Bonchev–Trinajstić information content (AvgIpc) is 2.99. The Morgan fingerprint density at radius 3 is 2.88 bits per heavy atom. The number of halogens is 2. The van der Waals surface area contributed by atoms with Gasteiger partial charge in [-0.1, -0.05) is 11.6 Å². The Labute approximate surface area is 154 Å². The first kappa shape index (κ1) is 16.0. The summed E-state index contributed by atoms with van der Waals surface area (Å²) in [6.07, 6.45) is 8.70. The number of nitrogens with one attached hydrogen (secondary N) is 1. The third kappa shape index (κ3) is 2.30. The fourth-order valence-corrected chi connectivity index (χ4v) is 4.67. The molecule has 0 spiro atoms. The molecule has 3 fully saturated rings. The summed E-state index contributed by atoms with van der Waals surface area (Å²) in [4.78, 5) is 8.62. The molecule has 134 valence electrons. The lowest BCUT2D eigenvalue weighted by Gasteiger charge is -2.70. The van der Waals surface area contributed by atoms with Crippen LogP contribution in [0.4, 0.5) is 16.0 Å². The molecular weight excluding hydrogens is 357 g/mol. The molecule has 1 aromatic carbocycles. The van der Waals surface area contributed by atoms with Gasteiger partial charge >= 0.3 is 0 Å². The number of ether oxygens (including phenoxy) is 1. The van der Waals surface area contributed by atoms with Crippen LogP contribution in [-0.2, 0) is 10.3 Å². The molecule has 0 amide bonds. The molecule has 3 saturated carbocycles. The number of fused-ring (bicyclic) bond motifs is 1. The van der Waals surface area contributed by atoms with Crippen LogP contribution < -0.4 is 5.32 Å². The van der Waals surface area contributed by atoms with Crippen molar-refractivity contribution in [3.05, 3.63) is 41.6 Å². The molecule has 2 heterocycles. The highest BCUT2D eigenvalue weighted by Gasteiger charge is 2.69. The Morgan fingerprint density at radius 1 is 1.31 bits per heavy atom. The molecule has 0 aliphatic heterocycles. The van der Waals surface area contributed by atoms with E-state index in [0.29, 0.717) is 22.3 Å². The number of aromatic nitrogens is 4. The van der Waals surface area contributed by atoms with Crippen molar-refractivity contribution in [2.45, 2.75) is 24.8 Å². The smallest absolute Gasteiger partial charge is 0.227 e. The normalized spacial score (nSPS) is 26.4. The van der Waals surface area contributed by atoms with Gasteiger partial charge in [0, 0.05) is 36.4 Å². The van der Waals surface area contributed by atoms with E-state index in [-0.39, 0.29) is 10.6 Å². The number of benzene rings is 1. The van der Waals surface area contributed by atoms with Crippen LogP contribution in [0, 0.1) is 11.2 Å². The van der Waals surface area contributed by atoms with Gasteiger partial charge in [0.25, 0.3) is 0 Å². The van der Waals surface area contributed by atoms with Gasteiger partial charge in [0.15, 0.2) is 0 Å². The lowest BCUT2D eigenvalue weighted by molar-refractivity contribution is -0.217. The van der Waals surface area contributed by atoms with Gasteiger partial charge in [-0.05, 0) is 25.3 Å². The van der Waals surface area contributed by atoms with E-state index < -0.39 is 5.82 Å². The zero-order chi connectivity index (χ0) is 17.9. The highest BCUT2D eigenvalue weighted by Crippen LogP contribution is 2.71. The molecule has 6 nitrogen and oxygen atoms in total. The molecule has 6 rings (SSSR count). The van der Waals surface area contributed by atoms with Crippen molar-refractivity contribution in [1.29, 1.82) is 0 Å². The zero-order valence-corrected chi connectivity index (χ0v) is 14.9. The summed E-state index contributed by atoms with van der Waals surface area (Å²) < 4.78 is 21.0. The Hall–Kier alpha value is -2.25. The van der Waals surface area contributed by atoms with E-state index in [4.69, 9.17) is 16.3 Å². The molecule has 2 bridgehead atoms. The molecule has 3 aliphatic rings. The van der Waals surface area contributed by atoms with Crippen LogP contribution >= 0.6 is 11.6 Å². The first-order chi connectivity index (χ1) is 12.5. The number of hydrogen-bond donors (Lipinski definition) is 1. The quantitative estimate of drug-likeness (QED) is 0.735. The van der Waals surface area contributed by atoms with E-state index in [1.807, 2.05) is 10.9 Å². The summed E-state index contributed by atoms with van der Waals surface area (Å²) in [5.41, 5.74) is 1.81. The van der Waals surface area contributed by atoms with Crippen LogP contribution in [0.3, 0.4) is 0 Å². The Kier molecular flexibility index (Phi) is 3.30. The molecule has 0 unspecified atom stereocenters. The summed E-state index contributed by atoms with van der Waals surface area (Å²) in [7, 11) is 1.76. The van der Waals surface area contributed by atoms with Gasteiger partial charge in [0.1, 0.15) is 5.82 Å². The number of hydrogen-bond acceptors (Lipinski definition) is 5. The Bertz CT molecular complexity index is 1000. The second-order valence-corrected chi connectivity index (χ2v) is 7.91. The predicted molar refractivity (Wildman–Crippen MR) is 96.1 cm³/mol. The molecule has 26 heavy (non-hydrogen) atoms. The second kappa shape index (κ2) is 5.37. The summed E-state index contributed by atoms with van der Waals surface area (Å²) in [5, 5.41) is 8.39. The van der Waals surface area contributed by atoms with Crippen molar-refractivity contribution >= 4 is 34.1 Å². The van der Waals surface area contributed by atoms with Crippen LogP contribution in [0.2, 0.25) is 5.02 Å². The van der Waals surface area contributed by atoms with Gasteiger partial charge in [0.05, 0.1) is 34.6 Å². The average molecular weight is 374 g/mol. The fourth-order valence-electron chi connectivity index (χ4n) is 4.50. The third-order valence-corrected chi connectivity index (χ3v) is 5.80. The molecule has 3 aromatic rings. The van der Waals surface area contributed by atoms with Crippen molar-refractivity contribution in [1.82, 2.24) is 19.7 Å². The monoisotopic (exact) mass is 373 g/mol. The number of anilines is 2. The molecule has 0 saturated heterocycles. The van der Waals surface area contributed by atoms with Gasteiger partial charge < -0.3 is 10.1 Å². The van der Waals surface area contributed by atoms with E-state index in [2.05, 4.69) is 20.4 Å². The first-order valence-electron chi connectivity index (χ1n) is 8.44. The lowest BCUT2D eigenvalue weighted by Crippen LogP contribution is -2.69. The molecule has 3 aliphatic carbocycles. The van der Waals surface area contributed by atoms with Gasteiger partial charge in [-0.15, -0.1) is 0 Å². The van der Waals surface area contributed by atoms with E-state index in [1.165, 1.54) is 12.1 Å². The topological polar surface area (TPSA) is 64.9 Å². The van der Waals surface area contributed by atoms with E-state index in [9.17, 15) is 4.39 Å². The highest BCUT2D eigenvalue weighted by atomic mass is 35.5. The van der Waals surface area contributed by atoms with Gasteiger partial charge in [-0.3, -0.25) is 4.68 Å². The standard InChI is InChI=1S/C18H17ClFN5O/c1-26-10-17-7-18(8-17,9-17)25-6-12(5-22-25)23-16-21-4-11-2-13(19)14(20)3-15(11)24-16/h2-6H,7-10H2,1H3,(H,21,23,24). The van der Waals surface area contributed by atoms with Crippen LogP contribution in [-0.4, -0.2) is 33.5 Å². The maximum Gasteiger partial charge on any atom is 0.227 e. The fraction of sp³-hybridized carbons (Fsp3) is 0.389. The minimum atomic E-state index is -0.495. The maximum absolute atomic E-state index is 13.6. The SMILES string of the molecule is COCC12CC(n3cc(Nc4ncc5cc(Cl)c(F)cc5n4)cn3)(C1)C2. The van der Waals surface area contributed by atoms with Gasteiger partial charge in [-0.25, -0.2) is 14.4 Å². The molecular formula is C18H17ClFN5O. The summed E-state index contributed by atoms with van der Waals surface area (Å²) in [6, 6.07) is 2.83.